The second-order valence-electron chi connectivity index (χ2n) is 4.44. The van der Waals surface area contributed by atoms with E-state index in [2.05, 4.69) is 18.3 Å². The van der Waals surface area contributed by atoms with Crippen LogP contribution < -0.4 is 11.1 Å². The lowest BCUT2D eigenvalue weighted by Crippen LogP contribution is -2.18. The van der Waals surface area contributed by atoms with Crippen LogP contribution in [0.4, 0.5) is 0 Å². The maximum absolute atomic E-state index is 11.0. The van der Waals surface area contributed by atoms with Gasteiger partial charge in [0.05, 0.1) is 0 Å². The third-order valence-corrected chi connectivity index (χ3v) is 2.97. The van der Waals surface area contributed by atoms with E-state index in [-0.39, 0.29) is 12.5 Å². The summed E-state index contributed by atoms with van der Waals surface area (Å²) in [7, 11) is 0. The highest BCUT2D eigenvalue weighted by molar-refractivity contribution is 5.85. The first-order chi connectivity index (χ1) is 8.72. The normalized spacial score (nSPS) is 10.9. The molecule has 3 N–H and O–H groups in total. The third-order valence-electron chi connectivity index (χ3n) is 2.97. The van der Waals surface area contributed by atoms with Crippen LogP contribution in [0.25, 0.3) is 10.9 Å². The van der Waals surface area contributed by atoms with Crippen LogP contribution in [0.3, 0.4) is 0 Å². The number of rotatable bonds is 6. The Labute approximate surface area is 107 Å². The smallest absolute Gasteiger partial charge is 0.237 e. The highest BCUT2D eigenvalue weighted by atomic mass is 16.1. The summed E-state index contributed by atoms with van der Waals surface area (Å²) in [5, 5.41) is 4.58. The van der Waals surface area contributed by atoms with Gasteiger partial charge in [-0.15, -0.1) is 0 Å². The zero-order valence-corrected chi connectivity index (χ0v) is 10.6. The first-order valence-electron chi connectivity index (χ1n) is 6.28. The first kappa shape index (κ1) is 12.6. The Hall–Kier alpha value is -1.81. The van der Waals surface area contributed by atoms with E-state index in [0.717, 1.165) is 25.0 Å². The SMILES string of the molecule is CCCNCc1cccc2c1ccn2CC(N)=O. The van der Waals surface area contributed by atoms with Crippen LogP contribution in [0, 0.1) is 0 Å². The molecule has 1 heterocycles. The van der Waals surface area contributed by atoms with Crippen molar-refractivity contribution in [3.05, 3.63) is 36.0 Å². The summed E-state index contributed by atoms with van der Waals surface area (Å²) in [5.74, 6) is -0.318. The molecular weight excluding hydrogens is 226 g/mol. The lowest BCUT2D eigenvalue weighted by Gasteiger charge is -2.06. The molecule has 1 aromatic heterocycles. The Balaban J connectivity index is 2.27. The highest BCUT2D eigenvalue weighted by Gasteiger charge is 2.06. The van der Waals surface area contributed by atoms with Crippen LogP contribution in [0.1, 0.15) is 18.9 Å². The van der Waals surface area contributed by atoms with Crippen molar-refractivity contribution in [2.75, 3.05) is 6.54 Å². The van der Waals surface area contributed by atoms with E-state index in [1.165, 1.54) is 10.9 Å². The number of nitrogens with one attached hydrogen (secondary N) is 1. The molecule has 0 aliphatic heterocycles. The molecule has 1 aromatic carbocycles. The molecule has 0 unspecified atom stereocenters. The zero-order valence-electron chi connectivity index (χ0n) is 10.6. The van der Waals surface area contributed by atoms with Crippen molar-refractivity contribution in [3.63, 3.8) is 0 Å². The van der Waals surface area contributed by atoms with Crippen LogP contribution in [-0.2, 0) is 17.9 Å². The van der Waals surface area contributed by atoms with Gasteiger partial charge in [-0.3, -0.25) is 4.79 Å². The van der Waals surface area contributed by atoms with E-state index < -0.39 is 0 Å². The topological polar surface area (TPSA) is 60.1 Å². The van der Waals surface area contributed by atoms with Crippen LogP contribution in [0.2, 0.25) is 0 Å². The van der Waals surface area contributed by atoms with Crippen molar-refractivity contribution in [1.82, 2.24) is 9.88 Å². The lowest BCUT2D eigenvalue weighted by atomic mass is 10.1. The molecule has 96 valence electrons. The fourth-order valence-corrected chi connectivity index (χ4v) is 2.15. The minimum atomic E-state index is -0.318. The molecule has 0 radical (unpaired) electrons. The number of hydrogen-bond acceptors (Lipinski definition) is 2. The third kappa shape index (κ3) is 2.71. The fraction of sp³-hybridized carbons (Fsp3) is 0.357. The van der Waals surface area contributed by atoms with Gasteiger partial charge < -0.3 is 15.6 Å². The number of aromatic nitrogens is 1. The van der Waals surface area contributed by atoms with Gasteiger partial charge in [-0.2, -0.15) is 0 Å². The molecule has 0 atom stereocenters. The van der Waals surface area contributed by atoms with E-state index in [4.69, 9.17) is 5.73 Å². The molecule has 0 saturated carbocycles. The minimum Gasteiger partial charge on any atom is -0.368 e. The molecule has 4 heteroatoms. The molecule has 1 amide bonds. The Bertz CT molecular complexity index is 545. The number of nitrogens with two attached hydrogens (primary N) is 1. The number of nitrogens with zero attached hydrogens (tertiary/aromatic N) is 1. The molecule has 0 bridgehead atoms. The lowest BCUT2D eigenvalue weighted by molar-refractivity contribution is -0.118. The maximum atomic E-state index is 11.0. The molecule has 0 aliphatic carbocycles. The van der Waals surface area contributed by atoms with E-state index in [0.29, 0.717) is 0 Å². The fourth-order valence-electron chi connectivity index (χ4n) is 2.15. The van der Waals surface area contributed by atoms with Crippen LogP contribution >= 0.6 is 0 Å². The molecule has 2 aromatic rings. The van der Waals surface area contributed by atoms with Crippen LogP contribution in [0.15, 0.2) is 30.5 Å². The predicted octanol–water partition coefficient (Wildman–Crippen LogP) is 1.63. The second kappa shape index (κ2) is 5.69. The predicted molar refractivity (Wildman–Crippen MR) is 73.1 cm³/mol. The average Bonchev–Trinajstić information content (AvgIpc) is 2.73. The Morgan fingerprint density at radius 3 is 2.94 bits per heavy atom. The summed E-state index contributed by atoms with van der Waals surface area (Å²) in [5.41, 5.74) is 7.55. The number of carbonyl (C=O) groups is 1. The van der Waals surface area contributed by atoms with Gasteiger partial charge in [0.2, 0.25) is 5.91 Å². The molecule has 0 saturated heterocycles. The molecule has 2 rings (SSSR count). The number of carbonyl (C=O) groups excluding carboxylic acids is 1. The number of hydrogen-bond donors (Lipinski definition) is 2. The zero-order chi connectivity index (χ0) is 13.0. The second-order valence-corrected chi connectivity index (χ2v) is 4.44. The molecule has 18 heavy (non-hydrogen) atoms. The molecule has 4 nitrogen and oxygen atoms in total. The largest absolute Gasteiger partial charge is 0.368 e. The van der Waals surface area contributed by atoms with Crippen molar-refractivity contribution in [1.29, 1.82) is 0 Å². The van der Waals surface area contributed by atoms with Crippen molar-refractivity contribution in [2.24, 2.45) is 5.73 Å². The summed E-state index contributed by atoms with van der Waals surface area (Å²) in [6, 6.07) is 8.19. The van der Waals surface area contributed by atoms with Crippen LogP contribution in [-0.4, -0.2) is 17.0 Å². The van der Waals surface area contributed by atoms with Gasteiger partial charge in [0, 0.05) is 23.6 Å². The number of amides is 1. The summed E-state index contributed by atoms with van der Waals surface area (Å²) in [4.78, 5) is 11.0. The number of primary amides is 1. The summed E-state index contributed by atoms with van der Waals surface area (Å²) >= 11 is 0. The number of fused-ring (bicyclic) bond motifs is 1. The summed E-state index contributed by atoms with van der Waals surface area (Å²) < 4.78 is 1.89. The van der Waals surface area contributed by atoms with E-state index >= 15 is 0 Å². The van der Waals surface area contributed by atoms with Gasteiger partial charge in [-0.1, -0.05) is 19.1 Å². The number of benzene rings is 1. The highest BCUT2D eigenvalue weighted by Crippen LogP contribution is 2.20. The van der Waals surface area contributed by atoms with Crippen molar-refractivity contribution in [3.8, 4) is 0 Å². The van der Waals surface area contributed by atoms with Gasteiger partial charge in [0.1, 0.15) is 6.54 Å². The van der Waals surface area contributed by atoms with Gasteiger partial charge in [0.25, 0.3) is 0 Å². The monoisotopic (exact) mass is 245 g/mol. The molecule has 0 fully saturated rings. The minimum absolute atomic E-state index is 0.231. The van der Waals surface area contributed by atoms with Crippen molar-refractivity contribution < 1.29 is 4.79 Å². The van der Waals surface area contributed by atoms with Gasteiger partial charge in [-0.25, -0.2) is 0 Å². The molecule has 0 aliphatic rings. The van der Waals surface area contributed by atoms with Crippen molar-refractivity contribution >= 4 is 16.8 Å². The van der Waals surface area contributed by atoms with Crippen molar-refractivity contribution in [2.45, 2.75) is 26.4 Å². The van der Waals surface area contributed by atoms with Gasteiger partial charge in [0.15, 0.2) is 0 Å². The Morgan fingerprint density at radius 2 is 2.22 bits per heavy atom. The average molecular weight is 245 g/mol. The summed E-state index contributed by atoms with van der Waals surface area (Å²) in [6.07, 6.45) is 3.04. The first-order valence-corrected chi connectivity index (χ1v) is 6.28. The standard InChI is InChI=1S/C14H19N3O/c1-2-7-16-9-11-4-3-5-13-12(11)6-8-17(13)10-14(15)18/h3-6,8,16H,2,7,9-10H2,1H3,(H2,15,18). The quantitative estimate of drug-likeness (QED) is 0.760. The summed E-state index contributed by atoms with van der Waals surface area (Å²) in [6.45, 7) is 4.25. The Morgan fingerprint density at radius 1 is 1.39 bits per heavy atom. The maximum Gasteiger partial charge on any atom is 0.237 e. The Kier molecular flexibility index (Phi) is 3.99. The molecular formula is C14H19N3O. The van der Waals surface area contributed by atoms with E-state index in [9.17, 15) is 4.79 Å². The van der Waals surface area contributed by atoms with Gasteiger partial charge in [-0.05, 0) is 30.7 Å². The van der Waals surface area contributed by atoms with Gasteiger partial charge >= 0.3 is 0 Å². The van der Waals surface area contributed by atoms with Crippen LogP contribution in [0.5, 0.6) is 0 Å². The van der Waals surface area contributed by atoms with E-state index in [1.807, 2.05) is 29.0 Å². The molecule has 0 spiro atoms. The van der Waals surface area contributed by atoms with E-state index in [1.54, 1.807) is 0 Å².